The minimum absolute atomic E-state index is 0.677. The number of aromatic nitrogens is 1. The Bertz CT molecular complexity index is 759. The molecule has 0 atom stereocenters. The Balaban J connectivity index is 1.75. The van der Waals surface area contributed by atoms with Gasteiger partial charge in [0.2, 0.25) is 5.89 Å². The zero-order valence-corrected chi connectivity index (χ0v) is 13.2. The first kappa shape index (κ1) is 14.4. The number of anilines is 1. The molecule has 1 heterocycles. The summed E-state index contributed by atoms with van der Waals surface area (Å²) < 4.78 is 5.62. The van der Waals surface area contributed by atoms with E-state index in [1.54, 1.807) is 6.26 Å². The minimum Gasteiger partial charge on any atom is -0.444 e. The number of rotatable bonds is 4. The number of oxazole rings is 1. The van der Waals surface area contributed by atoms with Crippen LogP contribution in [-0.4, -0.2) is 12.0 Å². The fourth-order valence-corrected chi connectivity index (χ4v) is 2.42. The number of benzene rings is 2. The second kappa shape index (κ2) is 6.06. The molecule has 1 aromatic heterocycles. The van der Waals surface area contributed by atoms with Gasteiger partial charge in [0.05, 0.1) is 12.2 Å². The third-order valence-corrected chi connectivity index (χ3v) is 3.69. The number of aryl methyl sites for hydroxylation is 2. The predicted octanol–water partition coefficient (Wildman–Crippen LogP) is 4.59. The fraction of sp³-hybridized carbons (Fsp3) is 0.211. The topological polar surface area (TPSA) is 29.3 Å². The Morgan fingerprint density at radius 3 is 2.50 bits per heavy atom. The maximum Gasteiger partial charge on any atom is 0.226 e. The summed E-state index contributed by atoms with van der Waals surface area (Å²) >= 11 is 0. The Morgan fingerprint density at radius 1 is 1.00 bits per heavy atom. The zero-order chi connectivity index (χ0) is 15.5. The molecule has 3 rings (SSSR count). The summed E-state index contributed by atoms with van der Waals surface area (Å²) in [5.41, 5.74) is 5.59. The van der Waals surface area contributed by atoms with Crippen LogP contribution in [0.15, 0.2) is 59.2 Å². The lowest BCUT2D eigenvalue weighted by Crippen LogP contribution is -2.16. The summed E-state index contributed by atoms with van der Waals surface area (Å²) in [6, 6.07) is 16.7. The van der Waals surface area contributed by atoms with Crippen LogP contribution in [-0.2, 0) is 6.54 Å². The third-order valence-electron chi connectivity index (χ3n) is 3.69. The lowest BCUT2D eigenvalue weighted by Gasteiger charge is -2.17. The second-order valence-electron chi connectivity index (χ2n) is 5.71. The van der Waals surface area contributed by atoms with Crippen molar-refractivity contribution in [2.24, 2.45) is 0 Å². The van der Waals surface area contributed by atoms with Crippen molar-refractivity contribution in [3.05, 3.63) is 71.6 Å². The summed E-state index contributed by atoms with van der Waals surface area (Å²) in [6.45, 7) is 4.88. The smallest absolute Gasteiger partial charge is 0.226 e. The van der Waals surface area contributed by atoms with Gasteiger partial charge in [0.1, 0.15) is 6.26 Å². The van der Waals surface area contributed by atoms with Gasteiger partial charge in [-0.1, -0.05) is 35.4 Å². The molecular weight excluding hydrogens is 272 g/mol. The molecule has 0 fully saturated rings. The zero-order valence-electron chi connectivity index (χ0n) is 13.2. The van der Waals surface area contributed by atoms with E-state index < -0.39 is 0 Å². The van der Waals surface area contributed by atoms with Gasteiger partial charge in [-0.25, -0.2) is 4.98 Å². The number of hydrogen-bond acceptors (Lipinski definition) is 3. The normalized spacial score (nSPS) is 10.7. The van der Waals surface area contributed by atoms with E-state index in [0.29, 0.717) is 5.89 Å². The molecule has 0 unspecified atom stereocenters. The molecule has 2 aromatic carbocycles. The maximum absolute atomic E-state index is 5.62. The Labute approximate surface area is 131 Å². The Hall–Kier alpha value is -2.55. The van der Waals surface area contributed by atoms with Crippen LogP contribution in [0.3, 0.4) is 0 Å². The van der Waals surface area contributed by atoms with Crippen LogP contribution in [0.5, 0.6) is 0 Å². The summed E-state index contributed by atoms with van der Waals surface area (Å²) in [5.74, 6) is 0.677. The van der Waals surface area contributed by atoms with Gasteiger partial charge in [0.25, 0.3) is 0 Å². The minimum atomic E-state index is 0.677. The van der Waals surface area contributed by atoms with Gasteiger partial charge < -0.3 is 9.32 Å². The molecule has 0 bridgehead atoms. The van der Waals surface area contributed by atoms with Crippen LogP contribution in [0.25, 0.3) is 11.5 Å². The van der Waals surface area contributed by atoms with Crippen molar-refractivity contribution in [2.45, 2.75) is 20.4 Å². The van der Waals surface area contributed by atoms with Crippen molar-refractivity contribution in [3.8, 4) is 11.5 Å². The first-order valence-electron chi connectivity index (χ1n) is 7.41. The largest absolute Gasteiger partial charge is 0.444 e. The van der Waals surface area contributed by atoms with Crippen molar-refractivity contribution < 1.29 is 4.42 Å². The SMILES string of the molecule is Cc1ccc(N(C)Cc2coc(-c3cccc(C)c3)n2)cc1. The fourth-order valence-electron chi connectivity index (χ4n) is 2.42. The first-order chi connectivity index (χ1) is 10.6. The quantitative estimate of drug-likeness (QED) is 0.704. The van der Waals surface area contributed by atoms with Crippen LogP contribution in [0.4, 0.5) is 5.69 Å². The van der Waals surface area contributed by atoms with E-state index in [-0.39, 0.29) is 0 Å². The van der Waals surface area contributed by atoms with E-state index in [4.69, 9.17) is 4.42 Å². The van der Waals surface area contributed by atoms with Crippen molar-refractivity contribution in [2.75, 3.05) is 11.9 Å². The van der Waals surface area contributed by atoms with E-state index in [2.05, 4.69) is 67.2 Å². The molecule has 22 heavy (non-hydrogen) atoms. The molecule has 0 N–H and O–H groups in total. The van der Waals surface area contributed by atoms with Crippen molar-refractivity contribution in [1.29, 1.82) is 0 Å². The van der Waals surface area contributed by atoms with Crippen LogP contribution >= 0.6 is 0 Å². The monoisotopic (exact) mass is 292 g/mol. The van der Waals surface area contributed by atoms with Crippen molar-refractivity contribution in [1.82, 2.24) is 4.98 Å². The highest BCUT2D eigenvalue weighted by molar-refractivity contribution is 5.54. The molecule has 3 aromatic rings. The number of nitrogens with zero attached hydrogens (tertiary/aromatic N) is 2. The van der Waals surface area contributed by atoms with E-state index in [9.17, 15) is 0 Å². The van der Waals surface area contributed by atoms with Gasteiger partial charge in [-0.05, 0) is 38.1 Å². The Kier molecular flexibility index (Phi) is 3.96. The molecular formula is C19H20N2O. The van der Waals surface area contributed by atoms with Gasteiger partial charge in [-0.2, -0.15) is 0 Å². The average molecular weight is 292 g/mol. The maximum atomic E-state index is 5.62. The van der Waals surface area contributed by atoms with Crippen LogP contribution in [0.2, 0.25) is 0 Å². The molecule has 0 amide bonds. The summed E-state index contributed by atoms with van der Waals surface area (Å²) in [6.07, 6.45) is 1.74. The molecule has 0 radical (unpaired) electrons. The van der Waals surface area contributed by atoms with Gasteiger partial charge in [-0.15, -0.1) is 0 Å². The number of hydrogen-bond donors (Lipinski definition) is 0. The first-order valence-corrected chi connectivity index (χ1v) is 7.41. The van der Waals surface area contributed by atoms with Crippen LogP contribution < -0.4 is 4.90 Å². The molecule has 0 aliphatic carbocycles. The lowest BCUT2D eigenvalue weighted by atomic mass is 10.1. The van der Waals surface area contributed by atoms with E-state index in [1.807, 2.05) is 12.1 Å². The Morgan fingerprint density at radius 2 is 1.77 bits per heavy atom. The highest BCUT2D eigenvalue weighted by Crippen LogP contribution is 2.21. The molecule has 0 saturated carbocycles. The molecule has 3 nitrogen and oxygen atoms in total. The van der Waals surface area contributed by atoms with Gasteiger partial charge in [-0.3, -0.25) is 0 Å². The highest BCUT2D eigenvalue weighted by atomic mass is 16.3. The molecule has 0 spiro atoms. The van der Waals surface area contributed by atoms with Crippen molar-refractivity contribution in [3.63, 3.8) is 0 Å². The standard InChI is InChI=1S/C19H20N2O/c1-14-7-9-18(10-8-14)21(3)12-17-13-22-19(20-17)16-6-4-5-15(2)11-16/h4-11,13H,12H2,1-3H3. The van der Waals surface area contributed by atoms with Crippen molar-refractivity contribution >= 4 is 5.69 Å². The summed E-state index contributed by atoms with van der Waals surface area (Å²) in [7, 11) is 2.06. The average Bonchev–Trinajstić information content (AvgIpc) is 2.96. The van der Waals surface area contributed by atoms with E-state index in [1.165, 1.54) is 16.8 Å². The van der Waals surface area contributed by atoms with Gasteiger partial charge in [0, 0.05) is 18.3 Å². The van der Waals surface area contributed by atoms with Gasteiger partial charge >= 0.3 is 0 Å². The van der Waals surface area contributed by atoms with Gasteiger partial charge in [0.15, 0.2) is 0 Å². The lowest BCUT2D eigenvalue weighted by molar-refractivity contribution is 0.572. The second-order valence-corrected chi connectivity index (χ2v) is 5.71. The molecule has 3 heteroatoms. The predicted molar refractivity (Wildman–Crippen MR) is 90.0 cm³/mol. The summed E-state index contributed by atoms with van der Waals surface area (Å²) in [4.78, 5) is 6.76. The van der Waals surface area contributed by atoms with E-state index in [0.717, 1.165) is 17.8 Å². The van der Waals surface area contributed by atoms with E-state index >= 15 is 0 Å². The van der Waals surface area contributed by atoms with Crippen LogP contribution in [0.1, 0.15) is 16.8 Å². The van der Waals surface area contributed by atoms with Crippen LogP contribution in [0, 0.1) is 13.8 Å². The molecule has 0 aliphatic rings. The highest BCUT2D eigenvalue weighted by Gasteiger charge is 2.09. The molecule has 0 aliphatic heterocycles. The third kappa shape index (κ3) is 3.19. The molecule has 112 valence electrons. The molecule has 0 saturated heterocycles. The summed E-state index contributed by atoms with van der Waals surface area (Å²) in [5, 5.41) is 0.